The van der Waals surface area contributed by atoms with Crippen molar-refractivity contribution in [2.45, 2.75) is 20.0 Å². The van der Waals surface area contributed by atoms with E-state index in [0.29, 0.717) is 6.61 Å². The van der Waals surface area contributed by atoms with Gasteiger partial charge in [-0.1, -0.05) is 6.92 Å². The van der Waals surface area contributed by atoms with E-state index in [-0.39, 0.29) is 18.6 Å². The first-order valence-electron chi connectivity index (χ1n) is 4.07. The SMILES string of the molecule is CNCC(C)OCC(C)CO. The van der Waals surface area contributed by atoms with Gasteiger partial charge in [-0.15, -0.1) is 0 Å². The van der Waals surface area contributed by atoms with Gasteiger partial charge in [0.15, 0.2) is 0 Å². The van der Waals surface area contributed by atoms with Crippen LogP contribution in [-0.4, -0.2) is 38.0 Å². The van der Waals surface area contributed by atoms with Gasteiger partial charge in [0.05, 0.1) is 12.7 Å². The number of aliphatic hydroxyl groups excluding tert-OH is 1. The fourth-order valence-corrected chi connectivity index (χ4v) is 0.728. The lowest BCUT2D eigenvalue weighted by molar-refractivity contribution is 0.0310. The maximum Gasteiger partial charge on any atom is 0.0671 e. The maximum atomic E-state index is 8.68. The minimum Gasteiger partial charge on any atom is -0.396 e. The van der Waals surface area contributed by atoms with Crippen LogP contribution in [0.4, 0.5) is 0 Å². The van der Waals surface area contributed by atoms with Gasteiger partial charge in [0.1, 0.15) is 0 Å². The van der Waals surface area contributed by atoms with Crippen molar-refractivity contribution in [2.24, 2.45) is 5.92 Å². The molecule has 2 N–H and O–H groups in total. The molecule has 0 saturated carbocycles. The third kappa shape index (κ3) is 6.28. The molecule has 0 aromatic carbocycles. The van der Waals surface area contributed by atoms with E-state index < -0.39 is 0 Å². The first-order chi connectivity index (χ1) is 5.20. The van der Waals surface area contributed by atoms with Crippen molar-refractivity contribution >= 4 is 0 Å². The number of likely N-dealkylation sites (N-methyl/N-ethyl adjacent to an activating group) is 1. The van der Waals surface area contributed by atoms with E-state index in [1.165, 1.54) is 0 Å². The molecule has 0 bridgehead atoms. The van der Waals surface area contributed by atoms with Gasteiger partial charge >= 0.3 is 0 Å². The normalized spacial score (nSPS) is 16.4. The molecule has 0 aromatic rings. The molecular formula is C8H19NO2. The molecular weight excluding hydrogens is 142 g/mol. The smallest absolute Gasteiger partial charge is 0.0671 e. The standard InChI is InChI=1S/C8H19NO2/c1-7(5-10)6-11-8(2)4-9-3/h7-10H,4-6H2,1-3H3. The molecule has 2 unspecified atom stereocenters. The van der Waals surface area contributed by atoms with Crippen LogP contribution < -0.4 is 5.32 Å². The molecule has 0 rings (SSSR count). The van der Waals surface area contributed by atoms with Crippen LogP contribution in [-0.2, 0) is 4.74 Å². The Balaban J connectivity index is 3.22. The quantitative estimate of drug-likeness (QED) is 0.586. The summed E-state index contributed by atoms with van der Waals surface area (Å²) in [6, 6.07) is 0. The lowest BCUT2D eigenvalue weighted by atomic mass is 10.2. The molecule has 0 aliphatic heterocycles. The summed E-state index contributed by atoms with van der Waals surface area (Å²) in [5.41, 5.74) is 0. The third-order valence-electron chi connectivity index (χ3n) is 1.47. The Hall–Kier alpha value is -0.120. The van der Waals surface area contributed by atoms with Gasteiger partial charge in [0.25, 0.3) is 0 Å². The molecule has 0 amide bonds. The average molecular weight is 161 g/mol. The van der Waals surface area contributed by atoms with Crippen LogP contribution in [0.25, 0.3) is 0 Å². The van der Waals surface area contributed by atoms with Crippen molar-refractivity contribution in [2.75, 3.05) is 26.8 Å². The Labute approximate surface area is 68.8 Å². The van der Waals surface area contributed by atoms with E-state index in [1.54, 1.807) is 0 Å². The molecule has 2 atom stereocenters. The lowest BCUT2D eigenvalue weighted by Crippen LogP contribution is -2.26. The summed E-state index contributed by atoms with van der Waals surface area (Å²) in [6.45, 7) is 5.68. The molecule has 0 aliphatic carbocycles. The third-order valence-corrected chi connectivity index (χ3v) is 1.47. The van der Waals surface area contributed by atoms with Crippen LogP contribution in [0.1, 0.15) is 13.8 Å². The highest BCUT2D eigenvalue weighted by Crippen LogP contribution is 1.96. The van der Waals surface area contributed by atoms with E-state index >= 15 is 0 Å². The fourth-order valence-electron chi connectivity index (χ4n) is 0.728. The summed E-state index contributed by atoms with van der Waals surface area (Å²) < 4.78 is 5.41. The zero-order valence-corrected chi connectivity index (χ0v) is 7.63. The number of hydrogen-bond donors (Lipinski definition) is 2. The number of aliphatic hydroxyl groups is 1. The molecule has 3 heteroatoms. The van der Waals surface area contributed by atoms with Gasteiger partial charge in [0.2, 0.25) is 0 Å². The number of hydrogen-bond acceptors (Lipinski definition) is 3. The van der Waals surface area contributed by atoms with Gasteiger partial charge in [-0.25, -0.2) is 0 Å². The summed E-state index contributed by atoms with van der Waals surface area (Å²) in [5.74, 6) is 0.245. The summed E-state index contributed by atoms with van der Waals surface area (Å²) in [5, 5.41) is 11.7. The highest BCUT2D eigenvalue weighted by atomic mass is 16.5. The Morgan fingerprint density at radius 3 is 2.55 bits per heavy atom. The Bertz CT molecular complexity index is 88.2. The van der Waals surface area contributed by atoms with Crippen molar-refractivity contribution in [3.8, 4) is 0 Å². The first-order valence-corrected chi connectivity index (χ1v) is 4.07. The molecule has 0 fully saturated rings. The molecule has 0 aliphatic rings. The van der Waals surface area contributed by atoms with Crippen LogP contribution in [0.5, 0.6) is 0 Å². The second kappa shape index (κ2) is 6.58. The average Bonchev–Trinajstić information content (AvgIpc) is 2.01. The second-order valence-electron chi connectivity index (χ2n) is 2.99. The number of ether oxygens (including phenoxy) is 1. The van der Waals surface area contributed by atoms with E-state index in [4.69, 9.17) is 9.84 Å². The Kier molecular flexibility index (Phi) is 6.51. The van der Waals surface area contributed by atoms with Crippen LogP contribution in [0.2, 0.25) is 0 Å². The molecule has 11 heavy (non-hydrogen) atoms. The number of rotatable bonds is 6. The highest BCUT2D eigenvalue weighted by molar-refractivity contribution is 4.54. The zero-order valence-electron chi connectivity index (χ0n) is 7.63. The Morgan fingerprint density at radius 1 is 1.45 bits per heavy atom. The molecule has 0 saturated heterocycles. The maximum absolute atomic E-state index is 8.68. The summed E-state index contributed by atoms with van der Waals surface area (Å²) in [6.07, 6.45) is 0.231. The van der Waals surface area contributed by atoms with E-state index in [0.717, 1.165) is 6.54 Å². The molecule has 0 aromatic heterocycles. The summed E-state index contributed by atoms with van der Waals surface area (Å²) >= 11 is 0. The van der Waals surface area contributed by atoms with E-state index in [9.17, 15) is 0 Å². The Morgan fingerprint density at radius 2 is 2.09 bits per heavy atom. The zero-order chi connectivity index (χ0) is 8.69. The van der Waals surface area contributed by atoms with Crippen LogP contribution in [0.15, 0.2) is 0 Å². The predicted octanol–water partition coefficient (Wildman–Crippen LogP) is 0.239. The second-order valence-corrected chi connectivity index (χ2v) is 2.99. The monoisotopic (exact) mass is 161 g/mol. The van der Waals surface area contributed by atoms with Gasteiger partial charge in [0, 0.05) is 19.1 Å². The van der Waals surface area contributed by atoms with Crippen LogP contribution >= 0.6 is 0 Å². The van der Waals surface area contributed by atoms with Crippen molar-refractivity contribution in [3.05, 3.63) is 0 Å². The van der Waals surface area contributed by atoms with E-state index in [1.807, 2.05) is 20.9 Å². The molecule has 68 valence electrons. The largest absolute Gasteiger partial charge is 0.396 e. The molecule has 3 nitrogen and oxygen atoms in total. The topological polar surface area (TPSA) is 41.5 Å². The van der Waals surface area contributed by atoms with Crippen molar-refractivity contribution in [1.82, 2.24) is 5.32 Å². The predicted molar refractivity (Wildman–Crippen MR) is 45.6 cm³/mol. The van der Waals surface area contributed by atoms with Crippen molar-refractivity contribution in [1.29, 1.82) is 0 Å². The first kappa shape index (κ1) is 10.9. The van der Waals surface area contributed by atoms with Gasteiger partial charge < -0.3 is 15.2 Å². The molecule has 0 spiro atoms. The lowest BCUT2D eigenvalue weighted by Gasteiger charge is -2.14. The minimum absolute atomic E-state index is 0.201. The summed E-state index contributed by atoms with van der Waals surface area (Å²) in [4.78, 5) is 0. The van der Waals surface area contributed by atoms with Crippen LogP contribution in [0, 0.1) is 5.92 Å². The molecule has 0 heterocycles. The van der Waals surface area contributed by atoms with Gasteiger partial charge in [-0.2, -0.15) is 0 Å². The van der Waals surface area contributed by atoms with Gasteiger partial charge in [-0.05, 0) is 14.0 Å². The highest BCUT2D eigenvalue weighted by Gasteiger charge is 2.03. The van der Waals surface area contributed by atoms with Gasteiger partial charge in [-0.3, -0.25) is 0 Å². The molecule has 0 radical (unpaired) electrons. The van der Waals surface area contributed by atoms with Crippen molar-refractivity contribution < 1.29 is 9.84 Å². The van der Waals surface area contributed by atoms with Crippen molar-refractivity contribution in [3.63, 3.8) is 0 Å². The van der Waals surface area contributed by atoms with E-state index in [2.05, 4.69) is 5.32 Å². The number of nitrogens with one attached hydrogen (secondary N) is 1. The van der Waals surface area contributed by atoms with Crippen LogP contribution in [0.3, 0.4) is 0 Å². The minimum atomic E-state index is 0.201. The fraction of sp³-hybridized carbons (Fsp3) is 1.00. The summed E-state index contributed by atoms with van der Waals surface area (Å²) in [7, 11) is 1.90.